The maximum atomic E-state index is 11.7. The van der Waals surface area contributed by atoms with E-state index in [2.05, 4.69) is 27.8 Å². The van der Waals surface area contributed by atoms with Crippen molar-refractivity contribution >= 4 is 21.9 Å². The molecule has 104 valence electrons. The van der Waals surface area contributed by atoms with E-state index in [1.54, 1.807) is 6.20 Å². The molecule has 4 heteroatoms. The lowest BCUT2D eigenvalue weighted by Gasteiger charge is -2.36. The second-order valence-electron chi connectivity index (χ2n) is 5.58. The van der Waals surface area contributed by atoms with Crippen molar-refractivity contribution < 1.29 is 9.90 Å². The van der Waals surface area contributed by atoms with Crippen LogP contribution in [-0.2, 0) is 11.2 Å². The summed E-state index contributed by atoms with van der Waals surface area (Å²) in [5.41, 5.74) is 0.271. The third kappa shape index (κ3) is 3.35. The largest absolute Gasteiger partial charge is 0.481 e. The predicted octanol–water partition coefficient (Wildman–Crippen LogP) is 4.06. The Labute approximate surface area is 122 Å². The van der Waals surface area contributed by atoms with Gasteiger partial charge in [0.15, 0.2) is 0 Å². The Bertz CT molecular complexity index is 436. The number of rotatable bonds is 4. The molecule has 1 aliphatic carbocycles. The highest BCUT2D eigenvalue weighted by Gasteiger charge is 2.41. The molecule has 0 saturated heterocycles. The van der Waals surface area contributed by atoms with Crippen molar-refractivity contribution in [3.8, 4) is 0 Å². The van der Waals surface area contributed by atoms with Crippen LogP contribution in [0.5, 0.6) is 0 Å². The van der Waals surface area contributed by atoms with Gasteiger partial charge in [0.05, 0.1) is 5.41 Å². The topological polar surface area (TPSA) is 50.2 Å². The number of halogens is 1. The van der Waals surface area contributed by atoms with Crippen LogP contribution >= 0.6 is 15.9 Å². The number of carboxylic acids is 1. The van der Waals surface area contributed by atoms with Gasteiger partial charge < -0.3 is 5.11 Å². The number of hydrogen-bond acceptors (Lipinski definition) is 2. The number of nitrogens with zero attached hydrogens (tertiary/aromatic N) is 1. The van der Waals surface area contributed by atoms with Crippen LogP contribution < -0.4 is 0 Å². The molecule has 0 amide bonds. The molecule has 0 radical (unpaired) electrons. The molecule has 0 unspecified atom stereocenters. The second-order valence-corrected chi connectivity index (χ2v) is 6.50. The summed E-state index contributed by atoms with van der Waals surface area (Å²) in [7, 11) is 0. The average Bonchev–Trinajstić information content (AvgIpc) is 2.42. The number of hydrogen-bond donors (Lipinski definition) is 1. The van der Waals surface area contributed by atoms with Crippen molar-refractivity contribution in [2.24, 2.45) is 11.3 Å². The lowest BCUT2D eigenvalue weighted by molar-refractivity contribution is -0.151. The van der Waals surface area contributed by atoms with Crippen LogP contribution in [0.1, 0.15) is 44.7 Å². The fraction of sp³-hybridized carbons (Fsp3) is 0.600. The second kappa shape index (κ2) is 6.04. The molecule has 1 saturated carbocycles. The zero-order valence-corrected chi connectivity index (χ0v) is 12.8. The van der Waals surface area contributed by atoms with Gasteiger partial charge in [0.25, 0.3) is 0 Å². The van der Waals surface area contributed by atoms with Gasteiger partial charge in [-0.3, -0.25) is 9.78 Å². The summed E-state index contributed by atoms with van der Waals surface area (Å²) in [4.78, 5) is 16.0. The van der Waals surface area contributed by atoms with Crippen molar-refractivity contribution in [3.05, 3.63) is 28.5 Å². The van der Waals surface area contributed by atoms with E-state index in [4.69, 9.17) is 0 Å². The van der Waals surface area contributed by atoms with E-state index < -0.39 is 11.4 Å². The molecule has 1 aromatic heterocycles. The maximum absolute atomic E-state index is 11.7. The van der Waals surface area contributed by atoms with E-state index >= 15 is 0 Å². The van der Waals surface area contributed by atoms with Gasteiger partial charge >= 0.3 is 5.97 Å². The zero-order valence-electron chi connectivity index (χ0n) is 11.2. The van der Waals surface area contributed by atoms with Gasteiger partial charge in [-0.2, -0.15) is 0 Å². The summed E-state index contributed by atoms with van der Waals surface area (Å²) in [6.07, 6.45) is 7.05. The molecule has 1 fully saturated rings. The van der Waals surface area contributed by atoms with Crippen LogP contribution in [0.25, 0.3) is 0 Å². The van der Waals surface area contributed by atoms with E-state index in [9.17, 15) is 9.90 Å². The molecular weight excluding hydrogens is 306 g/mol. The Kier molecular flexibility index (Phi) is 4.61. The van der Waals surface area contributed by atoms with E-state index in [0.29, 0.717) is 12.3 Å². The standard InChI is InChI=1S/C15H20BrNO2/c1-2-11-5-7-15(8-6-11,14(18)19)9-13-4-3-12(16)10-17-13/h3-4,10-11H,2,5-9H2,1H3,(H,18,19). The molecule has 1 aliphatic rings. The molecule has 0 spiro atoms. The van der Waals surface area contributed by atoms with Gasteiger partial charge in [-0.05, 0) is 59.7 Å². The van der Waals surface area contributed by atoms with Crippen LogP contribution in [0, 0.1) is 11.3 Å². The molecule has 19 heavy (non-hydrogen) atoms. The normalized spacial score (nSPS) is 27.2. The summed E-state index contributed by atoms with van der Waals surface area (Å²) in [6, 6.07) is 3.84. The number of aliphatic carboxylic acids is 1. The minimum Gasteiger partial charge on any atom is -0.481 e. The van der Waals surface area contributed by atoms with Gasteiger partial charge in [0.1, 0.15) is 0 Å². The number of carboxylic acid groups (broad SMARTS) is 1. The van der Waals surface area contributed by atoms with Gasteiger partial charge in [-0.1, -0.05) is 13.3 Å². The number of carbonyl (C=O) groups is 1. The lowest BCUT2D eigenvalue weighted by atomic mass is 9.67. The van der Waals surface area contributed by atoms with Gasteiger partial charge in [-0.25, -0.2) is 0 Å². The highest BCUT2D eigenvalue weighted by atomic mass is 79.9. The van der Waals surface area contributed by atoms with Crippen molar-refractivity contribution in [1.82, 2.24) is 4.98 Å². The van der Waals surface area contributed by atoms with E-state index in [0.717, 1.165) is 42.3 Å². The molecule has 1 aromatic rings. The lowest BCUT2D eigenvalue weighted by Crippen LogP contribution is -2.37. The summed E-state index contributed by atoms with van der Waals surface area (Å²) in [5, 5.41) is 9.63. The first-order chi connectivity index (χ1) is 9.05. The summed E-state index contributed by atoms with van der Waals surface area (Å²) in [6.45, 7) is 2.19. The molecule has 1 N–H and O–H groups in total. The SMILES string of the molecule is CCC1CCC(Cc2ccc(Br)cn2)(C(=O)O)CC1. The summed E-state index contributed by atoms with van der Waals surface area (Å²) < 4.78 is 0.926. The number of pyridine rings is 1. The fourth-order valence-electron chi connectivity index (χ4n) is 2.96. The average molecular weight is 326 g/mol. The van der Waals surface area contributed by atoms with Gasteiger partial charge in [-0.15, -0.1) is 0 Å². The summed E-state index contributed by atoms with van der Waals surface area (Å²) >= 11 is 3.35. The molecule has 0 bridgehead atoms. The molecule has 2 rings (SSSR count). The first-order valence-electron chi connectivity index (χ1n) is 6.89. The fourth-order valence-corrected chi connectivity index (χ4v) is 3.20. The quantitative estimate of drug-likeness (QED) is 0.908. The maximum Gasteiger partial charge on any atom is 0.310 e. The van der Waals surface area contributed by atoms with Crippen molar-refractivity contribution in [2.75, 3.05) is 0 Å². The number of aromatic nitrogens is 1. The monoisotopic (exact) mass is 325 g/mol. The van der Waals surface area contributed by atoms with E-state index in [-0.39, 0.29) is 0 Å². The van der Waals surface area contributed by atoms with Crippen molar-refractivity contribution in [1.29, 1.82) is 0 Å². The Morgan fingerprint density at radius 1 is 1.47 bits per heavy atom. The van der Waals surface area contributed by atoms with Crippen molar-refractivity contribution in [3.63, 3.8) is 0 Å². The molecule has 0 aromatic carbocycles. The van der Waals surface area contributed by atoms with Crippen LogP contribution in [0.15, 0.2) is 22.8 Å². The van der Waals surface area contributed by atoms with Crippen LogP contribution in [0.3, 0.4) is 0 Å². The van der Waals surface area contributed by atoms with Crippen LogP contribution in [0.2, 0.25) is 0 Å². The molecule has 0 aliphatic heterocycles. The van der Waals surface area contributed by atoms with Crippen molar-refractivity contribution in [2.45, 2.75) is 45.4 Å². The Balaban J connectivity index is 2.12. The molecule has 1 heterocycles. The third-order valence-electron chi connectivity index (χ3n) is 4.40. The third-order valence-corrected chi connectivity index (χ3v) is 4.87. The first kappa shape index (κ1) is 14.5. The van der Waals surface area contributed by atoms with Crippen LogP contribution in [0.4, 0.5) is 0 Å². The Morgan fingerprint density at radius 3 is 2.63 bits per heavy atom. The minimum atomic E-state index is -0.660. The first-order valence-corrected chi connectivity index (χ1v) is 7.69. The van der Waals surface area contributed by atoms with Gasteiger partial charge in [0.2, 0.25) is 0 Å². The Morgan fingerprint density at radius 2 is 2.16 bits per heavy atom. The molecular formula is C15H20BrNO2. The van der Waals surface area contributed by atoms with E-state index in [1.807, 2.05) is 12.1 Å². The highest BCUT2D eigenvalue weighted by Crippen LogP contribution is 2.42. The molecule has 3 nitrogen and oxygen atoms in total. The minimum absolute atomic E-state index is 0.548. The predicted molar refractivity (Wildman–Crippen MR) is 78.0 cm³/mol. The van der Waals surface area contributed by atoms with E-state index in [1.165, 1.54) is 0 Å². The Hall–Kier alpha value is -0.900. The highest BCUT2D eigenvalue weighted by molar-refractivity contribution is 9.10. The van der Waals surface area contributed by atoms with Crippen LogP contribution in [-0.4, -0.2) is 16.1 Å². The summed E-state index contributed by atoms with van der Waals surface area (Å²) in [5.74, 6) is 0.0390. The van der Waals surface area contributed by atoms with Gasteiger partial charge in [0, 0.05) is 22.8 Å². The molecule has 0 atom stereocenters. The smallest absolute Gasteiger partial charge is 0.310 e. The zero-order chi connectivity index (χ0) is 13.9.